The summed E-state index contributed by atoms with van der Waals surface area (Å²) >= 11 is 0. The molecule has 2 N–H and O–H groups in total. The predicted molar refractivity (Wildman–Crippen MR) is 50.4 cm³/mol. The van der Waals surface area contributed by atoms with Crippen molar-refractivity contribution < 1.29 is 14.6 Å². The third kappa shape index (κ3) is 6.54. The molecule has 0 radical (unpaired) electrons. The molecule has 1 amide bonds. The molecule has 0 heterocycles. The smallest absolute Gasteiger partial charge is 0.220 e. The Labute approximate surface area is 79.3 Å². The van der Waals surface area contributed by atoms with E-state index in [9.17, 15) is 4.79 Å². The molecule has 0 aromatic rings. The predicted octanol–water partition coefficient (Wildman–Crippen LogP) is 0.299. The highest BCUT2D eigenvalue weighted by atomic mass is 16.5. The van der Waals surface area contributed by atoms with Gasteiger partial charge in [0.1, 0.15) is 0 Å². The van der Waals surface area contributed by atoms with E-state index in [4.69, 9.17) is 9.84 Å². The maximum absolute atomic E-state index is 11.2. The molecule has 0 saturated carbocycles. The number of carbonyl (C=O) groups excluding carboxylic acids is 1. The van der Waals surface area contributed by atoms with Gasteiger partial charge in [0.15, 0.2) is 0 Å². The molecule has 0 saturated heterocycles. The van der Waals surface area contributed by atoms with Crippen molar-refractivity contribution in [3.05, 3.63) is 0 Å². The summed E-state index contributed by atoms with van der Waals surface area (Å²) in [6.45, 7) is 3.66. The number of hydrogen-bond donors (Lipinski definition) is 2. The lowest BCUT2D eigenvalue weighted by molar-refractivity contribution is -0.122. The van der Waals surface area contributed by atoms with Crippen molar-refractivity contribution in [1.29, 1.82) is 0 Å². The van der Waals surface area contributed by atoms with Crippen LogP contribution >= 0.6 is 0 Å². The molecule has 0 aromatic heterocycles. The minimum absolute atomic E-state index is 0.0223. The van der Waals surface area contributed by atoms with E-state index in [1.165, 1.54) is 0 Å². The van der Waals surface area contributed by atoms with Crippen LogP contribution < -0.4 is 5.32 Å². The van der Waals surface area contributed by atoms with Crippen molar-refractivity contribution in [2.45, 2.75) is 38.8 Å². The fourth-order valence-electron chi connectivity index (χ4n) is 0.845. The second-order valence-corrected chi connectivity index (χ2v) is 3.24. The van der Waals surface area contributed by atoms with Crippen molar-refractivity contribution in [2.75, 3.05) is 13.7 Å². The third-order valence-corrected chi connectivity index (χ3v) is 1.86. The molecule has 0 bridgehead atoms. The van der Waals surface area contributed by atoms with Gasteiger partial charge in [-0.2, -0.15) is 0 Å². The van der Waals surface area contributed by atoms with E-state index < -0.39 is 0 Å². The number of carbonyl (C=O) groups is 1. The van der Waals surface area contributed by atoms with Crippen molar-refractivity contribution in [3.63, 3.8) is 0 Å². The summed E-state index contributed by atoms with van der Waals surface area (Å²) in [5.74, 6) is -0.0366. The normalized spacial score (nSPS) is 15.1. The van der Waals surface area contributed by atoms with Gasteiger partial charge < -0.3 is 15.2 Å². The zero-order chi connectivity index (χ0) is 10.3. The summed E-state index contributed by atoms with van der Waals surface area (Å²) in [6, 6.07) is -0.162. The molecule has 2 atom stereocenters. The van der Waals surface area contributed by atoms with E-state index >= 15 is 0 Å². The zero-order valence-electron chi connectivity index (χ0n) is 8.54. The van der Waals surface area contributed by atoms with E-state index in [0.29, 0.717) is 12.8 Å². The molecular formula is C9H19NO3. The number of methoxy groups -OCH3 is 1. The van der Waals surface area contributed by atoms with Crippen LogP contribution in [0.15, 0.2) is 0 Å². The van der Waals surface area contributed by atoms with Crippen LogP contribution in [0.2, 0.25) is 0 Å². The van der Waals surface area contributed by atoms with Gasteiger partial charge in [-0.15, -0.1) is 0 Å². The highest BCUT2D eigenvalue weighted by molar-refractivity contribution is 5.76. The molecule has 0 aromatic carbocycles. The molecule has 0 fully saturated rings. The van der Waals surface area contributed by atoms with Crippen LogP contribution in [0, 0.1) is 0 Å². The zero-order valence-corrected chi connectivity index (χ0v) is 8.54. The first-order valence-corrected chi connectivity index (χ1v) is 4.53. The molecule has 0 aliphatic heterocycles. The molecule has 0 spiro atoms. The maximum atomic E-state index is 11.2. The minimum atomic E-state index is -0.162. The Morgan fingerprint density at radius 3 is 2.62 bits per heavy atom. The van der Waals surface area contributed by atoms with Crippen LogP contribution in [0.4, 0.5) is 0 Å². The van der Waals surface area contributed by atoms with Gasteiger partial charge in [0.25, 0.3) is 0 Å². The summed E-state index contributed by atoms with van der Waals surface area (Å²) in [4.78, 5) is 11.2. The SMILES string of the molecule is COC(C)CCC(=O)N[C@@H](C)CO. The number of aliphatic hydroxyl groups excluding tert-OH is 1. The Balaban J connectivity index is 3.51. The van der Waals surface area contributed by atoms with Gasteiger partial charge >= 0.3 is 0 Å². The minimum Gasteiger partial charge on any atom is -0.394 e. The molecule has 78 valence electrons. The molecule has 0 aliphatic rings. The number of nitrogens with one attached hydrogen (secondary N) is 1. The second-order valence-electron chi connectivity index (χ2n) is 3.24. The molecule has 1 unspecified atom stereocenters. The highest BCUT2D eigenvalue weighted by Crippen LogP contribution is 1.99. The van der Waals surface area contributed by atoms with Crippen LogP contribution in [0.25, 0.3) is 0 Å². The van der Waals surface area contributed by atoms with E-state index in [0.717, 1.165) is 0 Å². The van der Waals surface area contributed by atoms with Gasteiger partial charge in [-0.25, -0.2) is 0 Å². The summed E-state index contributed by atoms with van der Waals surface area (Å²) in [5, 5.41) is 11.3. The Morgan fingerprint density at radius 2 is 2.15 bits per heavy atom. The first-order chi connectivity index (χ1) is 6.10. The summed E-state index contributed by atoms with van der Waals surface area (Å²) in [7, 11) is 1.62. The van der Waals surface area contributed by atoms with Gasteiger partial charge in [0.05, 0.1) is 12.7 Å². The van der Waals surface area contributed by atoms with Crippen LogP contribution in [-0.4, -0.2) is 36.9 Å². The van der Waals surface area contributed by atoms with Crippen molar-refractivity contribution in [3.8, 4) is 0 Å². The Morgan fingerprint density at radius 1 is 1.54 bits per heavy atom. The van der Waals surface area contributed by atoms with Crippen molar-refractivity contribution >= 4 is 5.91 Å². The number of hydrogen-bond acceptors (Lipinski definition) is 3. The molecule has 4 heteroatoms. The Hall–Kier alpha value is -0.610. The molecule has 0 aliphatic carbocycles. The number of rotatable bonds is 6. The molecular weight excluding hydrogens is 170 g/mol. The second kappa shape index (κ2) is 6.86. The van der Waals surface area contributed by atoms with Gasteiger partial charge in [0, 0.05) is 19.6 Å². The van der Waals surface area contributed by atoms with Crippen LogP contribution in [-0.2, 0) is 9.53 Å². The van der Waals surface area contributed by atoms with Gasteiger partial charge in [-0.05, 0) is 20.3 Å². The van der Waals surface area contributed by atoms with E-state index in [-0.39, 0.29) is 24.7 Å². The van der Waals surface area contributed by atoms with Crippen LogP contribution in [0.3, 0.4) is 0 Å². The lowest BCUT2D eigenvalue weighted by Gasteiger charge is -2.12. The maximum Gasteiger partial charge on any atom is 0.220 e. The lowest BCUT2D eigenvalue weighted by atomic mass is 10.2. The monoisotopic (exact) mass is 189 g/mol. The van der Waals surface area contributed by atoms with Gasteiger partial charge in [0.2, 0.25) is 5.91 Å². The van der Waals surface area contributed by atoms with E-state index in [1.807, 2.05) is 6.92 Å². The standard InChI is InChI=1S/C9H19NO3/c1-7(6-11)10-9(12)5-4-8(2)13-3/h7-8,11H,4-6H2,1-3H3,(H,10,12)/t7-,8?/m0/s1. The summed E-state index contributed by atoms with van der Waals surface area (Å²) in [6.07, 6.45) is 1.26. The van der Waals surface area contributed by atoms with E-state index in [1.54, 1.807) is 14.0 Å². The number of aliphatic hydroxyl groups is 1. The molecule has 0 rings (SSSR count). The van der Waals surface area contributed by atoms with Crippen molar-refractivity contribution in [1.82, 2.24) is 5.32 Å². The highest BCUT2D eigenvalue weighted by Gasteiger charge is 2.07. The topological polar surface area (TPSA) is 58.6 Å². The first-order valence-electron chi connectivity index (χ1n) is 4.53. The van der Waals surface area contributed by atoms with Gasteiger partial charge in [-0.3, -0.25) is 4.79 Å². The summed E-state index contributed by atoms with van der Waals surface area (Å²) in [5.41, 5.74) is 0. The largest absolute Gasteiger partial charge is 0.394 e. The summed E-state index contributed by atoms with van der Waals surface area (Å²) < 4.78 is 5.00. The van der Waals surface area contributed by atoms with Crippen LogP contribution in [0.5, 0.6) is 0 Å². The third-order valence-electron chi connectivity index (χ3n) is 1.86. The average Bonchev–Trinajstić information content (AvgIpc) is 2.13. The van der Waals surface area contributed by atoms with Crippen molar-refractivity contribution in [2.24, 2.45) is 0 Å². The fourth-order valence-corrected chi connectivity index (χ4v) is 0.845. The Kier molecular flexibility index (Phi) is 6.54. The number of amides is 1. The number of ether oxygens (including phenoxy) is 1. The van der Waals surface area contributed by atoms with Gasteiger partial charge in [-0.1, -0.05) is 0 Å². The quantitative estimate of drug-likeness (QED) is 0.631. The average molecular weight is 189 g/mol. The fraction of sp³-hybridized carbons (Fsp3) is 0.889. The van der Waals surface area contributed by atoms with E-state index in [2.05, 4.69) is 5.32 Å². The molecule has 13 heavy (non-hydrogen) atoms. The van der Waals surface area contributed by atoms with Crippen LogP contribution in [0.1, 0.15) is 26.7 Å². The lowest BCUT2D eigenvalue weighted by Crippen LogP contribution is -2.35. The first kappa shape index (κ1) is 12.4. The molecule has 4 nitrogen and oxygen atoms in total. The Bertz CT molecular complexity index is 150.